The van der Waals surface area contributed by atoms with Gasteiger partial charge in [-0.1, -0.05) is 48.5 Å². The fourth-order valence-electron chi connectivity index (χ4n) is 3.24. The number of carbonyl (C=O) groups excluding carboxylic acids is 1. The van der Waals surface area contributed by atoms with Crippen LogP contribution in [0.4, 0.5) is 0 Å². The van der Waals surface area contributed by atoms with Crippen molar-refractivity contribution in [3.05, 3.63) is 84.1 Å². The highest BCUT2D eigenvalue weighted by Gasteiger charge is 2.22. The van der Waals surface area contributed by atoms with Gasteiger partial charge in [-0.25, -0.2) is 0 Å². The first kappa shape index (κ1) is 14.3. The fourth-order valence-corrected chi connectivity index (χ4v) is 3.24. The van der Waals surface area contributed by atoms with Gasteiger partial charge in [-0.15, -0.1) is 0 Å². The maximum absolute atomic E-state index is 12.2. The Bertz CT molecular complexity index is 998. The SMILES string of the molecule is NC(=O)c1c(-c2ccc[nH]2)n(Cc2ccccc2)c2ccccc12. The second-order valence-corrected chi connectivity index (χ2v) is 5.76. The summed E-state index contributed by atoms with van der Waals surface area (Å²) in [6.07, 6.45) is 1.85. The highest BCUT2D eigenvalue weighted by molar-refractivity contribution is 6.12. The molecule has 2 aromatic carbocycles. The lowest BCUT2D eigenvalue weighted by Crippen LogP contribution is -2.13. The van der Waals surface area contributed by atoms with Gasteiger partial charge in [0.25, 0.3) is 5.91 Å². The van der Waals surface area contributed by atoms with Crippen LogP contribution >= 0.6 is 0 Å². The summed E-state index contributed by atoms with van der Waals surface area (Å²) in [5.41, 5.74) is 10.2. The molecule has 4 rings (SSSR count). The normalized spacial score (nSPS) is 11.0. The van der Waals surface area contributed by atoms with E-state index in [0.717, 1.165) is 22.3 Å². The average Bonchev–Trinajstić information content (AvgIpc) is 3.22. The average molecular weight is 315 g/mol. The number of nitrogens with one attached hydrogen (secondary N) is 1. The van der Waals surface area contributed by atoms with Crippen molar-refractivity contribution in [1.29, 1.82) is 0 Å². The number of para-hydroxylation sites is 1. The van der Waals surface area contributed by atoms with Crippen LogP contribution in [0.1, 0.15) is 15.9 Å². The number of hydrogen-bond donors (Lipinski definition) is 2. The molecule has 0 saturated carbocycles. The smallest absolute Gasteiger partial charge is 0.251 e. The first-order valence-corrected chi connectivity index (χ1v) is 7.84. The Morgan fingerprint density at radius 2 is 1.71 bits per heavy atom. The molecule has 4 heteroatoms. The number of nitrogens with zero attached hydrogens (tertiary/aromatic N) is 1. The number of carbonyl (C=O) groups is 1. The van der Waals surface area contributed by atoms with Gasteiger partial charge in [-0.05, 0) is 23.8 Å². The van der Waals surface area contributed by atoms with Crippen LogP contribution in [-0.4, -0.2) is 15.5 Å². The van der Waals surface area contributed by atoms with Crippen LogP contribution in [0.3, 0.4) is 0 Å². The Kier molecular flexibility index (Phi) is 3.43. The number of aromatic amines is 1. The second kappa shape index (κ2) is 5.74. The summed E-state index contributed by atoms with van der Waals surface area (Å²) in [5, 5.41) is 0.880. The van der Waals surface area contributed by atoms with Crippen molar-refractivity contribution in [2.24, 2.45) is 5.73 Å². The van der Waals surface area contributed by atoms with E-state index in [1.54, 1.807) is 0 Å². The quantitative estimate of drug-likeness (QED) is 0.591. The minimum atomic E-state index is -0.414. The topological polar surface area (TPSA) is 63.8 Å². The molecule has 2 aromatic heterocycles. The Balaban J connectivity index is 2.03. The summed E-state index contributed by atoms with van der Waals surface area (Å²) in [7, 11) is 0. The van der Waals surface area contributed by atoms with Gasteiger partial charge < -0.3 is 15.3 Å². The molecule has 4 aromatic rings. The molecule has 0 fully saturated rings. The van der Waals surface area contributed by atoms with Crippen molar-refractivity contribution in [2.75, 3.05) is 0 Å². The van der Waals surface area contributed by atoms with E-state index in [2.05, 4.69) is 21.7 Å². The van der Waals surface area contributed by atoms with Crippen molar-refractivity contribution >= 4 is 16.8 Å². The zero-order valence-electron chi connectivity index (χ0n) is 13.1. The van der Waals surface area contributed by atoms with E-state index in [4.69, 9.17) is 5.73 Å². The number of amides is 1. The molecule has 0 aliphatic carbocycles. The largest absolute Gasteiger partial charge is 0.366 e. The summed E-state index contributed by atoms with van der Waals surface area (Å²) in [5.74, 6) is -0.414. The number of benzene rings is 2. The van der Waals surface area contributed by atoms with E-state index in [-0.39, 0.29) is 0 Å². The summed E-state index contributed by atoms with van der Waals surface area (Å²) in [6.45, 7) is 0.670. The van der Waals surface area contributed by atoms with E-state index in [1.807, 2.05) is 60.8 Å². The molecule has 0 bridgehead atoms. The number of H-pyrrole nitrogens is 1. The molecule has 0 atom stereocenters. The molecule has 118 valence electrons. The predicted octanol–water partition coefficient (Wildman–Crippen LogP) is 3.78. The van der Waals surface area contributed by atoms with Crippen molar-refractivity contribution in [1.82, 2.24) is 9.55 Å². The molecule has 0 spiro atoms. The summed E-state index contributed by atoms with van der Waals surface area (Å²) < 4.78 is 2.15. The third kappa shape index (κ3) is 2.29. The highest BCUT2D eigenvalue weighted by atomic mass is 16.1. The fraction of sp³-hybridized carbons (Fsp3) is 0.0500. The summed E-state index contributed by atoms with van der Waals surface area (Å²) in [6, 6.07) is 22.0. The Morgan fingerprint density at radius 1 is 0.958 bits per heavy atom. The summed E-state index contributed by atoms with van der Waals surface area (Å²) >= 11 is 0. The first-order valence-electron chi connectivity index (χ1n) is 7.84. The molecule has 0 radical (unpaired) electrons. The molecular weight excluding hydrogens is 298 g/mol. The van der Waals surface area contributed by atoms with E-state index >= 15 is 0 Å². The van der Waals surface area contributed by atoms with Crippen LogP contribution < -0.4 is 5.73 Å². The zero-order chi connectivity index (χ0) is 16.5. The molecule has 0 aliphatic rings. The van der Waals surface area contributed by atoms with Crippen molar-refractivity contribution in [3.63, 3.8) is 0 Å². The number of aromatic nitrogens is 2. The standard InChI is InChI=1S/C20H17N3O/c21-20(24)18-15-9-4-5-11-17(15)23(13-14-7-2-1-3-8-14)19(18)16-10-6-12-22-16/h1-12,22H,13H2,(H2,21,24). The van der Waals surface area contributed by atoms with E-state index in [9.17, 15) is 4.79 Å². The van der Waals surface area contributed by atoms with Gasteiger partial charge in [-0.2, -0.15) is 0 Å². The minimum absolute atomic E-state index is 0.414. The zero-order valence-corrected chi connectivity index (χ0v) is 13.1. The Hall–Kier alpha value is -3.27. The number of rotatable bonds is 4. The van der Waals surface area contributed by atoms with Gasteiger partial charge in [0.05, 0.1) is 17.0 Å². The number of hydrogen-bond acceptors (Lipinski definition) is 1. The molecule has 3 N–H and O–H groups in total. The van der Waals surface area contributed by atoms with Crippen LogP contribution in [-0.2, 0) is 6.54 Å². The maximum Gasteiger partial charge on any atom is 0.251 e. The second-order valence-electron chi connectivity index (χ2n) is 5.76. The van der Waals surface area contributed by atoms with E-state index in [1.165, 1.54) is 5.56 Å². The van der Waals surface area contributed by atoms with Crippen molar-refractivity contribution < 1.29 is 4.79 Å². The van der Waals surface area contributed by atoms with Crippen LogP contribution in [0.2, 0.25) is 0 Å². The van der Waals surface area contributed by atoms with Gasteiger partial charge in [0.1, 0.15) is 0 Å². The minimum Gasteiger partial charge on any atom is -0.366 e. The van der Waals surface area contributed by atoms with E-state index < -0.39 is 5.91 Å². The monoisotopic (exact) mass is 315 g/mol. The van der Waals surface area contributed by atoms with Gasteiger partial charge in [0.2, 0.25) is 0 Å². The third-order valence-corrected chi connectivity index (χ3v) is 4.25. The lowest BCUT2D eigenvalue weighted by atomic mass is 10.1. The van der Waals surface area contributed by atoms with Gasteiger partial charge in [0.15, 0.2) is 0 Å². The summed E-state index contributed by atoms with van der Waals surface area (Å²) in [4.78, 5) is 15.4. The molecule has 24 heavy (non-hydrogen) atoms. The first-order chi connectivity index (χ1) is 11.8. The molecule has 0 aliphatic heterocycles. The van der Waals surface area contributed by atoms with Crippen molar-refractivity contribution in [3.8, 4) is 11.4 Å². The Labute approximate surface area is 139 Å². The molecule has 4 nitrogen and oxygen atoms in total. The molecule has 2 heterocycles. The number of fused-ring (bicyclic) bond motifs is 1. The number of nitrogens with two attached hydrogens (primary N) is 1. The molecule has 0 saturated heterocycles. The molecular formula is C20H17N3O. The molecule has 0 unspecified atom stereocenters. The lowest BCUT2D eigenvalue weighted by Gasteiger charge is -2.11. The molecule has 1 amide bonds. The van der Waals surface area contributed by atoms with Gasteiger partial charge in [0, 0.05) is 23.6 Å². The van der Waals surface area contributed by atoms with E-state index in [0.29, 0.717) is 12.1 Å². The lowest BCUT2D eigenvalue weighted by molar-refractivity contribution is 0.100. The van der Waals surface area contributed by atoms with Crippen LogP contribution in [0.25, 0.3) is 22.3 Å². The van der Waals surface area contributed by atoms with Crippen LogP contribution in [0, 0.1) is 0 Å². The van der Waals surface area contributed by atoms with Gasteiger partial charge >= 0.3 is 0 Å². The van der Waals surface area contributed by atoms with Gasteiger partial charge in [-0.3, -0.25) is 4.79 Å². The predicted molar refractivity (Wildman–Crippen MR) is 95.8 cm³/mol. The Morgan fingerprint density at radius 3 is 2.42 bits per heavy atom. The van der Waals surface area contributed by atoms with Crippen LogP contribution in [0.15, 0.2) is 72.9 Å². The number of primary amides is 1. The van der Waals surface area contributed by atoms with Crippen LogP contribution in [0.5, 0.6) is 0 Å². The third-order valence-electron chi connectivity index (χ3n) is 4.25. The maximum atomic E-state index is 12.2. The highest BCUT2D eigenvalue weighted by Crippen LogP contribution is 2.33. The van der Waals surface area contributed by atoms with Crippen molar-refractivity contribution in [2.45, 2.75) is 6.54 Å².